The van der Waals surface area contributed by atoms with Gasteiger partial charge in [-0.25, -0.2) is 13.6 Å². The smallest absolute Gasteiger partial charge is 0.417 e. The van der Waals surface area contributed by atoms with E-state index in [1.54, 1.807) is 12.1 Å². The van der Waals surface area contributed by atoms with Crippen molar-refractivity contribution in [3.8, 4) is 6.07 Å². The number of aromatic nitrogens is 2. The maximum absolute atomic E-state index is 14.3. The third kappa shape index (κ3) is 6.89. The van der Waals surface area contributed by atoms with Crippen LogP contribution >= 0.6 is 0 Å². The Bertz CT molecular complexity index is 1530. The van der Waals surface area contributed by atoms with E-state index >= 15 is 0 Å². The van der Waals surface area contributed by atoms with Crippen molar-refractivity contribution in [3.63, 3.8) is 0 Å². The number of rotatable bonds is 7. The average Bonchev–Trinajstić information content (AvgIpc) is 3.28. The summed E-state index contributed by atoms with van der Waals surface area (Å²) in [6, 6.07) is 8.93. The number of carbonyl (C=O) groups is 2. The molecule has 0 bridgehead atoms. The summed E-state index contributed by atoms with van der Waals surface area (Å²) in [7, 11) is 0. The van der Waals surface area contributed by atoms with Gasteiger partial charge in [-0.05, 0) is 36.4 Å². The summed E-state index contributed by atoms with van der Waals surface area (Å²) >= 11 is 0. The molecule has 0 unspecified atom stereocenters. The van der Waals surface area contributed by atoms with Crippen molar-refractivity contribution in [2.45, 2.75) is 44.3 Å². The molecule has 2 aliphatic heterocycles. The van der Waals surface area contributed by atoms with E-state index in [0.29, 0.717) is 44.4 Å². The van der Waals surface area contributed by atoms with Gasteiger partial charge in [-0.3, -0.25) is 24.6 Å². The topological polar surface area (TPSA) is 111 Å². The molecule has 0 atom stereocenters. The van der Waals surface area contributed by atoms with Crippen molar-refractivity contribution in [2.24, 2.45) is 0 Å². The lowest BCUT2D eigenvalue weighted by Crippen LogP contribution is -2.46. The normalized spacial score (nSPS) is 16.7. The van der Waals surface area contributed by atoms with Gasteiger partial charge in [0.2, 0.25) is 0 Å². The third-order valence-electron chi connectivity index (χ3n) is 7.48. The Hall–Kier alpha value is -4.64. The molecule has 2 aliphatic rings. The quantitative estimate of drug-likeness (QED) is 0.396. The molecule has 4 heterocycles. The summed E-state index contributed by atoms with van der Waals surface area (Å²) in [5.74, 6) is -2.04. The van der Waals surface area contributed by atoms with Crippen LogP contribution in [0.5, 0.6) is 0 Å². The minimum Gasteiger partial charge on any atom is -0.441 e. The first-order valence-corrected chi connectivity index (χ1v) is 13.3. The predicted molar refractivity (Wildman–Crippen MR) is 140 cm³/mol. The van der Waals surface area contributed by atoms with Gasteiger partial charge in [-0.15, -0.1) is 0 Å². The lowest BCUT2D eigenvalue weighted by Gasteiger charge is -2.37. The van der Waals surface area contributed by atoms with Gasteiger partial charge in [-0.2, -0.15) is 18.4 Å². The van der Waals surface area contributed by atoms with E-state index in [4.69, 9.17) is 10.00 Å². The van der Waals surface area contributed by atoms with Gasteiger partial charge in [0.05, 0.1) is 53.8 Å². The molecule has 224 valence electrons. The zero-order valence-corrected chi connectivity index (χ0v) is 22.6. The summed E-state index contributed by atoms with van der Waals surface area (Å²) in [4.78, 5) is 36.5. The minimum atomic E-state index is -4.50. The molecule has 2 amide bonds. The molecular weight excluding hydrogens is 575 g/mol. The van der Waals surface area contributed by atoms with E-state index in [9.17, 15) is 31.5 Å². The van der Waals surface area contributed by atoms with Crippen LogP contribution < -0.4 is 5.32 Å². The van der Waals surface area contributed by atoms with Gasteiger partial charge in [-0.1, -0.05) is 0 Å². The summed E-state index contributed by atoms with van der Waals surface area (Å²) in [5.41, 5.74) is -0.824. The first-order chi connectivity index (χ1) is 20.4. The number of amides is 2. The fourth-order valence-corrected chi connectivity index (χ4v) is 5.05. The van der Waals surface area contributed by atoms with Crippen LogP contribution in [-0.4, -0.2) is 57.0 Å². The van der Waals surface area contributed by atoms with Crippen molar-refractivity contribution < 1.29 is 36.3 Å². The highest BCUT2D eigenvalue weighted by molar-refractivity contribution is 5.93. The number of nitrogens with one attached hydrogen (secondary N) is 1. The number of nitrogens with zero attached hydrogens (tertiary/aromatic N) is 5. The van der Waals surface area contributed by atoms with E-state index < -0.39 is 41.0 Å². The number of ether oxygens (including phenoxy) is 1. The zero-order chi connectivity index (χ0) is 30.8. The Morgan fingerprint density at radius 3 is 2.28 bits per heavy atom. The highest BCUT2D eigenvalue weighted by Gasteiger charge is 2.47. The van der Waals surface area contributed by atoms with Crippen LogP contribution in [0.3, 0.4) is 0 Å². The number of alkyl halides is 3. The van der Waals surface area contributed by atoms with Crippen LogP contribution in [0.25, 0.3) is 0 Å². The molecule has 1 spiro atoms. The van der Waals surface area contributed by atoms with Crippen LogP contribution in [0, 0.1) is 23.0 Å². The molecule has 9 nitrogen and oxygen atoms in total. The van der Waals surface area contributed by atoms with Gasteiger partial charge in [0.25, 0.3) is 5.91 Å². The van der Waals surface area contributed by atoms with Crippen LogP contribution in [0.2, 0.25) is 0 Å². The van der Waals surface area contributed by atoms with Crippen molar-refractivity contribution in [1.82, 2.24) is 25.1 Å². The van der Waals surface area contributed by atoms with Crippen molar-refractivity contribution >= 4 is 12.0 Å². The van der Waals surface area contributed by atoms with Crippen molar-refractivity contribution in [1.29, 1.82) is 5.26 Å². The van der Waals surface area contributed by atoms with E-state index in [2.05, 4.69) is 15.3 Å². The summed E-state index contributed by atoms with van der Waals surface area (Å²) in [6.45, 7) is 1.30. The van der Waals surface area contributed by atoms with Gasteiger partial charge < -0.3 is 10.1 Å². The van der Waals surface area contributed by atoms with Crippen LogP contribution in [0.4, 0.5) is 26.7 Å². The number of carbonyl (C=O) groups excluding carboxylic acids is 2. The molecular formula is C29H25F5N6O3. The number of hydrogen-bond acceptors (Lipinski definition) is 7. The van der Waals surface area contributed by atoms with Crippen LogP contribution in [-0.2, 0) is 30.5 Å². The van der Waals surface area contributed by atoms with Gasteiger partial charge in [0.1, 0.15) is 17.2 Å². The average molecular weight is 601 g/mol. The van der Waals surface area contributed by atoms with Crippen molar-refractivity contribution in [3.05, 3.63) is 94.1 Å². The molecule has 43 heavy (non-hydrogen) atoms. The molecule has 0 radical (unpaired) electrons. The summed E-state index contributed by atoms with van der Waals surface area (Å²) < 4.78 is 72.4. The molecule has 3 aromatic rings. The molecule has 0 aliphatic carbocycles. The number of halogens is 5. The van der Waals surface area contributed by atoms with E-state index in [0.717, 1.165) is 18.2 Å². The third-order valence-corrected chi connectivity index (χ3v) is 7.48. The second-order valence-corrected chi connectivity index (χ2v) is 10.5. The second-order valence-electron chi connectivity index (χ2n) is 10.5. The number of likely N-dealkylation sites (tertiary alicyclic amines) is 1. The molecule has 14 heteroatoms. The maximum Gasteiger partial charge on any atom is 0.417 e. The Labute approximate surface area is 242 Å². The Morgan fingerprint density at radius 1 is 1.02 bits per heavy atom. The molecule has 2 fully saturated rings. The summed E-state index contributed by atoms with van der Waals surface area (Å²) in [5, 5.41) is 11.5. The molecule has 1 aromatic carbocycles. The largest absolute Gasteiger partial charge is 0.441 e. The maximum atomic E-state index is 14.3. The number of nitriles is 1. The fourth-order valence-electron chi connectivity index (χ4n) is 5.05. The summed E-state index contributed by atoms with van der Waals surface area (Å²) in [6.07, 6.45) is -2.03. The number of benzene rings is 1. The lowest BCUT2D eigenvalue weighted by atomic mass is 9.91. The molecule has 0 saturated carbocycles. The first-order valence-electron chi connectivity index (χ1n) is 13.3. The standard InChI is InChI=1S/C29H25F5N6O3/c30-24-9-18(11-35)10-25(31)23(24)16-39-7-5-28(6-8-39)17-40(27(42)43-28)15-22-3-1-19(12-36-22)26(41)38-14-21-4-2-20(13-37-21)29(32,33)34/h1-4,9-10,12-13H,5-8,14-17H2,(H,38,41). The predicted octanol–water partition coefficient (Wildman–Crippen LogP) is 4.56. The van der Waals surface area contributed by atoms with Crippen LogP contribution in [0.15, 0.2) is 48.8 Å². The van der Waals surface area contributed by atoms with E-state index in [1.165, 1.54) is 23.2 Å². The molecule has 2 saturated heterocycles. The molecule has 1 N–H and O–H groups in total. The Kier molecular flexibility index (Phi) is 8.27. The van der Waals surface area contributed by atoms with Crippen LogP contribution in [0.1, 0.15) is 51.3 Å². The number of hydrogen-bond donors (Lipinski definition) is 1. The first kappa shape index (κ1) is 29.8. The fraction of sp³-hybridized carbons (Fsp3) is 0.345. The van der Waals surface area contributed by atoms with E-state index in [1.807, 2.05) is 4.90 Å². The second kappa shape index (κ2) is 11.9. The zero-order valence-electron chi connectivity index (χ0n) is 22.6. The molecule has 2 aromatic heterocycles. The number of piperidine rings is 1. The van der Waals surface area contributed by atoms with E-state index in [-0.39, 0.29) is 42.0 Å². The monoisotopic (exact) mass is 600 g/mol. The SMILES string of the molecule is N#Cc1cc(F)c(CN2CCC3(CC2)CN(Cc2ccc(C(=O)NCc4ccc(C(F)(F)F)cn4)cn2)C(=O)O3)c(F)c1. The highest BCUT2D eigenvalue weighted by Crippen LogP contribution is 2.35. The van der Waals surface area contributed by atoms with Gasteiger partial charge >= 0.3 is 12.3 Å². The molecule has 5 rings (SSSR count). The lowest BCUT2D eigenvalue weighted by molar-refractivity contribution is -0.137. The van der Waals surface area contributed by atoms with Gasteiger partial charge in [0.15, 0.2) is 0 Å². The Morgan fingerprint density at radius 2 is 1.70 bits per heavy atom. The minimum absolute atomic E-state index is 0.0296. The van der Waals surface area contributed by atoms with Crippen molar-refractivity contribution in [2.75, 3.05) is 19.6 Å². The van der Waals surface area contributed by atoms with Gasteiger partial charge in [0, 0.05) is 50.4 Å². The Balaban J connectivity index is 1.11. The number of pyridine rings is 2. The highest BCUT2D eigenvalue weighted by atomic mass is 19.4.